The van der Waals surface area contributed by atoms with E-state index in [0.29, 0.717) is 21.1 Å². The summed E-state index contributed by atoms with van der Waals surface area (Å²) >= 11 is 18.7. The van der Waals surface area contributed by atoms with Gasteiger partial charge >= 0.3 is 0 Å². The minimum absolute atomic E-state index is 0.493. The van der Waals surface area contributed by atoms with Crippen LogP contribution in [0.1, 0.15) is 11.3 Å². The molecule has 3 aromatic rings. The van der Waals surface area contributed by atoms with Crippen LogP contribution in [0.15, 0.2) is 18.2 Å². The fourth-order valence-corrected chi connectivity index (χ4v) is 4.26. The number of piperazine rings is 1. The van der Waals surface area contributed by atoms with E-state index in [0.717, 1.165) is 55.1 Å². The standard InChI is InChI=1S/C20H23Cl3N6/c1-12-14(17-18(23)25-20(27(2)3)26-19(17)24-12)11-28-6-8-29(9-7-28)13-4-5-15(21)16(22)10-13/h4-5,10H,6-9,11H2,1-3H3,(H,24,25,26). The third-order valence-corrected chi connectivity index (χ3v) is 6.35. The van der Waals surface area contributed by atoms with Gasteiger partial charge in [-0.05, 0) is 30.7 Å². The predicted molar refractivity (Wildman–Crippen MR) is 122 cm³/mol. The van der Waals surface area contributed by atoms with Crippen LogP contribution in [-0.4, -0.2) is 60.1 Å². The Bertz CT molecular complexity index is 1040. The maximum Gasteiger partial charge on any atom is 0.228 e. The van der Waals surface area contributed by atoms with E-state index in [-0.39, 0.29) is 0 Å². The van der Waals surface area contributed by atoms with Crippen LogP contribution in [0.5, 0.6) is 0 Å². The summed E-state index contributed by atoms with van der Waals surface area (Å²) in [4.78, 5) is 19.0. The second kappa shape index (κ2) is 8.19. The van der Waals surface area contributed by atoms with Crippen molar-refractivity contribution in [2.24, 2.45) is 0 Å². The Morgan fingerprint density at radius 2 is 1.76 bits per heavy atom. The number of anilines is 2. The molecular formula is C20H23Cl3N6. The molecule has 0 unspecified atom stereocenters. The van der Waals surface area contributed by atoms with Crippen molar-refractivity contribution >= 4 is 57.5 Å². The Balaban J connectivity index is 1.50. The van der Waals surface area contributed by atoms with Gasteiger partial charge in [-0.15, -0.1) is 0 Å². The van der Waals surface area contributed by atoms with Crippen molar-refractivity contribution in [1.82, 2.24) is 19.9 Å². The lowest BCUT2D eigenvalue weighted by atomic mass is 10.1. The molecule has 1 aromatic carbocycles. The number of nitrogens with zero attached hydrogens (tertiary/aromatic N) is 5. The van der Waals surface area contributed by atoms with Crippen LogP contribution < -0.4 is 9.80 Å². The Labute approximate surface area is 185 Å². The first-order valence-electron chi connectivity index (χ1n) is 9.48. The monoisotopic (exact) mass is 452 g/mol. The summed E-state index contributed by atoms with van der Waals surface area (Å²) in [7, 11) is 3.81. The highest BCUT2D eigenvalue weighted by Crippen LogP contribution is 2.31. The minimum Gasteiger partial charge on any atom is -0.369 e. The van der Waals surface area contributed by atoms with Crippen molar-refractivity contribution in [3.05, 3.63) is 44.7 Å². The SMILES string of the molecule is Cc1[nH]c2nc(N(C)C)nc(Cl)c2c1CN1CCN(c2ccc(Cl)c(Cl)c2)CC1. The Morgan fingerprint density at radius 1 is 1.03 bits per heavy atom. The summed E-state index contributed by atoms with van der Waals surface area (Å²) in [5, 5.41) is 2.59. The van der Waals surface area contributed by atoms with Crippen LogP contribution in [0.4, 0.5) is 11.6 Å². The number of hydrogen-bond acceptors (Lipinski definition) is 5. The van der Waals surface area contributed by atoms with E-state index in [4.69, 9.17) is 34.8 Å². The van der Waals surface area contributed by atoms with E-state index in [9.17, 15) is 0 Å². The molecule has 1 aliphatic heterocycles. The fraction of sp³-hybridized carbons (Fsp3) is 0.400. The highest BCUT2D eigenvalue weighted by molar-refractivity contribution is 6.42. The number of rotatable bonds is 4. The number of benzene rings is 1. The molecule has 2 aromatic heterocycles. The number of halogens is 3. The number of hydrogen-bond donors (Lipinski definition) is 1. The maximum absolute atomic E-state index is 6.53. The van der Waals surface area contributed by atoms with Crippen LogP contribution in [0.2, 0.25) is 15.2 Å². The first kappa shape index (κ1) is 20.5. The van der Waals surface area contributed by atoms with Crippen LogP contribution >= 0.6 is 34.8 Å². The highest BCUT2D eigenvalue weighted by atomic mass is 35.5. The van der Waals surface area contributed by atoms with Gasteiger partial charge in [0, 0.05) is 58.2 Å². The van der Waals surface area contributed by atoms with Gasteiger partial charge in [0.2, 0.25) is 5.95 Å². The third kappa shape index (κ3) is 4.12. The molecule has 29 heavy (non-hydrogen) atoms. The molecule has 6 nitrogen and oxygen atoms in total. The van der Waals surface area contributed by atoms with E-state index in [2.05, 4.69) is 31.7 Å². The smallest absolute Gasteiger partial charge is 0.228 e. The molecule has 0 radical (unpaired) electrons. The largest absolute Gasteiger partial charge is 0.369 e. The normalized spacial score (nSPS) is 15.3. The van der Waals surface area contributed by atoms with E-state index < -0.39 is 0 Å². The van der Waals surface area contributed by atoms with Crippen molar-refractivity contribution in [2.45, 2.75) is 13.5 Å². The highest BCUT2D eigenvalue weighted by Gasteiger charge is 2.22. The molecular weight excluding hydrogens is 431 g/mol. The number of fused-ring (bicyclic) bond motifs is 1. The first-order chi connectivity index (χ1) is 13.8. The number of aryl methyl sites for hydroxylation is 1. The van der Waals surface area contributed by atoms with E-state index in [1.807, 2.05) is 37.2 Å². The molecule has 9 heteroatoms. The summed E-state index contributed by atoms with van der Waals surface area (Å²) in [5.74, 6) is 0.602. The molecule has 0 saturated carbocycles. The average molecular weight is 454 g/mol. The summed E-state index contributed by atoms with van der Waals surface area (Å²) in [5.41, 5.74) is 4.14. The first-order valence-corrected chi connectivity index (χ1v) is 10.6. The van der Waals surface area contributed by atoms with Crippen LogP contribution in [0.25, 0.3) is 11.0 Å². The number of H-pyrrole nitrogens is 1. The predicted octanol–water partition coefficient (Wildman–Crippen LogP) is 4.61. The molecule has 1 N–H and O–H groups in total. The Morgan fingerprint density at radius 3 is 2.41 bits per heavy atom. The molecule has 3 heterocycles. The Hall–Kier alpha value is -1.73. The molecule has 1 aliphatic rings. The lowest BCUT2D eigenvalue weighted by Crippen LogP contribution is -2.46. The summed E-state index contributed by atoms with van der Waals surface area (Å²) in [6, 6.07) is 5.81. The molecule has 0 bridgehead atoms. The zero-order valence-corrected chi connectivity index (χ0v) is 18.9. The van der Waals surface area contributed by atoms with Gasteiger partial charge in [-0.25, -0.2) is 4.98 Å². The lowest BCUT2D eigenvalue weighted by Gasteiger charge is -2.36. The van der Waals surface area contributed by atoms with Gasteiger partial charge in [-0.3, -0.25) is 4.90 Å². The molecule has 0 atom stereocenters. The van der Waals surface area contributed by atoms with Crippen molar-refractivity contribution in [1.29, 1.82) is 0 Å². The Kier molecular flexibility index (Phi) is 5.80. The molecule has 1 saturated heterocycles. The lowest BCUT2D eigenvalue weighted by molar-refractivity contribution is 0.250. The number of aromatic nitrogens is 3. The average Bonchev–Trinajstić information content (AvgIpc) is 3.00. The fourth-order valence-electron chi connectivity index (χ4n) is 3.69. The number of nitrogens with one attached hydrogen (secondary N) is 1. The van der Waals surface area contributed by atoms with Crippen molar-refractivity contribution in [2.75, 3.05) is 50.1 Å². The van der Waals surface area contributed by atoms with E-state index in [1.54, 1.807) is 0 Å². The van der Waals surface area contributed by atoms with Crippen molar-refractivity contribution < 1.29 is 0 Å². The zero-order valence-electron chi connectivity index (χ0n) is 16.6. The van der Waals surface area contributed by atoms with Gasteiger partial charge in [0.25, 0.3) is 0 Å². The quantitative estimate of drug-likeness (QED) is 0.584. The maximum atomic E-state index is 6.53. The zero-order chi connectivity index (χ0) is 20.7. The van der Waals surface area contributed by atoms with Crippen molar-refractivity contribution in [3.63, 3.8) is 0 Å². The topological polar surface area (TPSA) is 51.3 Å². The summed E-state index contributed by atoms with van der Waals surface area (Å²) in [6.07, 6.45) is 0. The number of aromatic amines is 1. The second-order valence-corrected chi connectivity index (χ2v) is 8.70. The molecule has 1 fully saturated rings. The van der Waals surface area contributed by atoms with E-state index in [1.165, 1.54) is 5.56 Å². The molecule has 154 valence electrons. The molecule has 0 spiro atoms. The van der Waals surface area contributed by atoms with Crippen LogP contribution in [0.3, 0.4) is 0 Å². The van der Waals surface area contributed by atoms with E-state index >= 15 is 0 Å². The minimum atomic E-state index is 0.493. The van der Waals surface area contributed by atoms with Gasteiger partial charge in [-0.2, -0.15) is 4.98 Å². The molecule has 4 rings (SSSR count). The molecule has 0 amide bonds. The summed E-state index contributed by atoms with van der Waals surface area (Å²) in [6.45, 7) is 6.62. The summed E-state index contributed by atoms with van der Waals surface area (Å²) < 4.78 is 0. The molecule has 0 aliphatic carbocycles. The van der Waals surface area contributed by atoms with Crippen LogP contribution in [-0.2, 0) is 6.54 Å². The van der Waals surface area contributed by atoms with Crippen molar-refractivity contribution in [3.8, 4) is 0 Å². The third-order valence-electron chi connectivity index (χ3n) is 5.34. The second-order valence-electron chi connectivity index (χ2n) is 7.52. The van der Waals surface area contributed by atoms with Gasteiger partial charge in [0.1, 0.15) is 10.8 Å². The van der Waals surface area contributed by atoms with Gasteiger partial charge in [0.15, 0.2) is 0 Å². The van der Waals surface area contributed by atoms with Crippen LogP contribution in [0, 0.1) is 6.92 Å². The van der Waals surface area contributed by atoms with Gasteiger partial charge in [-0.1, -0.05) is 34.8 Å². The van der Waals surface area contributed by atoms with Gasteiger partial charge in [0.05, 0.1) is 15.4 Å². The van der Waals surface area contributed by atoms with Gasteiger partial charge < -0.3 is 14.8 Å².